The molecule has 0 saturated carbocycles. The maximum Gasteiger partial charge on any atom is 0.173 e. The summed E-state index contributed by atoms with van der Waals surface area (Å²) in [5.74, 6) is 1.71. The van der Waals surface area contributed by atoms with Gasteiger partial charge in [0.25, 0.3) is 0 Å². The number of fused-ring (bicyclic) bond motifs is 1. The van der Waals surface area contributed by atoms with Gasteiger partial charge < -0.3 is 14.2 Å². The molecule has 0 amide bonds. The Balaban J connectivity index is 1.73. The molecule has 1 aliphatic rings. The zero-order chi connectivity index (χ0) is 27.5. The van der Waals surface area contributed by atoms with Crippen molar-refractivity contribution in [3.8, 4) is 17.2 Å². The summed E-state index contributed by atoms with van der Waals surface area (Å²) in [6, 6.07) is 21.8. The quantitative estimate of drug-likeness (QED) is 0.297. The standard InChI is InChI=1S/C34H40O4/c1-23-28(36-21-24-14-10-8-11-15-24)19-30(37-22-26(34(5,6)7)20-33(2,3)4)32-31(23)27(35)18-29(38-32)25-16-12-9-13-17-25/h8-17,19-20,29H,18,21-22H2,1-7H3/b26-20-. The lowest BCUT2D eigenvalue weighted by Crippen LogP contribution is -2.23. The fourth-order valence-electron chi connectivity index (χ4n) is 4.62. The molecule has 0 bridgehead atoms. The third kappa shape index (κ3) is 6.66. The summed E-state index contributed by atoms with van der Waals surface area (Å²) in [6.45, 7) is 15.9. The first-order chi connectivity index (χ1) is 17.9. The number of ketones is 1. The molecule has 200 valence electrons. The molecule has 4 heteroatoms. The van der Waals surface area contributed by atoms with Crippen molar-refractivity contribution in [1.82, 2.24) is 0 Å². The van der Waals surface area contributed by atoms with Crippen molar-refractivity contribution in [3.63, 3.8) is 0 Å². The van der Waals surface area contributed by atoms with Gasteiger partial charge in [-0.2, -0.15) is 0 Å². The highest BCUT2D eigenvalue weighted by atomic mass is 16.5. The van der Waals surface area contributed by atoms with Crippen LogP contribution in [0.3, 0.4) is 0 Å². The monoisotopic (exact) mass is 512 g/mol. The van der Waals surface area contributed by atoms with Crippen molar-refractivity contribution in [2.45, 2.75) is 67.6 Å². The number of carbonyl (C=O) groups is 1. The van der Waals surface area contributed by atoms with Gasteiger partial charge in [0.1, 0.15) is 25.1 Å². The summed E-state index contributed by atoms with van der Waals surface area (Å²) >= 11 is 0. The van der Waals surface area contributed by atoms with E-state index in [0.717, 1.165) is 16.7 Å². The van der Waals surface area contributed by atoms with Gasteiger partial charge in [0.15, 0.2) is 17.3 Å². The van der Waals surface area contributed by atoms with Gasteiger partial charge in [-0.05, 0) is 34.5 Å². The van der Waals surface area contributed by atoms with E-state index >= 15 is 0 Å². The van der Waals surface area contributed by atoms with E-state index in [2.05, 4.69) is 47.6 Å². The summed E-state index contributed by atoms with van der Waals surface area (Å²) in [7, 11) is 0. The lowest BCUT2D eigenvalue weighted by atomic mass is 9.81. The third-order valence-corrected chi connectivity index (χ3v) is 6.73. The molecule has 1 atom stereocenters. The molecule has 3 aromatic rings. The SMILES string of the molecule is Cc1c(OCc2ccccc2)cc(OC/C(=C/C(C)(C)C)C(C)(C)C)c2c1C(=O)CC(c1ccccc1)O2. The summed E-state index contributed by atoms with van der Waals surface area (Å²) in [5, 5.41) is 0. The van der Waals surface area contributed by atoms with E-state index in [9.17, 15) is 4.79 Å². The molecule has 0 spiro atoms. The van der Waals surface area contributed by atoms with Crippen molar-refractivity contribution in [2.24, 2.45) is 10.8 Å². The number of ether oxygens (including phenoxy) is 3. The van der Waals surface area contributed by atoms with Crippen molar-refractivity contribution < 1.29 is 19.0 Å². The topological polar surface area (TPSA) is 44.8 Å². The fraction of sp³-hybridized carbons (Fsp3) is 0.382. The second kappa shape index (κ2) is 11.1. The van der Waals surface area contributed by atoms with Gasteiger partial charge in [0.05, 0.1) is 12.0 Å². The predicted molar refractivity (Wildman–Crippen MR) is 153 cm³/mol. The van der Waals surface area contributed by atoms with Crippen LogP contribution in [0.2, 0.25) is 0 Å². The van der Waals surface area contributed by atoms with E-state index in [0.29, 0.717) is 36.0 Å². The van der Waals surface area contributed by atoms with Crippen molar-refractivity contribution >= 4 is 5.78 Å². The molecule has 38 heavy (non-hydrogen) atoms. The second-order valence-electron chi connectivity index (χ2n) is 12.2. The number of Topliss-reactive ketones (excluding diaryl/α,β-unsaturated/α-hetero) is 1. The molecule has 0 saturated heterocycles. The van der Waals surface area contributed by atoms with Crippen LogP contribution in [0, 0.1) is 17.8 Å². The van der Waals surface area contributed by atoms with Gasteiger partial charge in [-0.1, -0.05) is 108 Å². The average Bonchev–Trinajstić information content (AvgIpc) is 2.86. The first-order valence-corrected chi connectivity index (χ1v) is 13.4. The van der Waals surface area contributed by atoms with Gasteiger partial charge in [-0.15, -0.1) is 0 Å². The average molecular weight is 513 g/mol. The predicted octanol–water partition coefficient (Wildman–Crippen LogP) is 8.68. The van der Waals surface area contributed by atoms with Gasteiger partial charge in [0, 0.05) is 11.6 Å². The van der Waals surface area contributed by atoms with Gasteiger partial charge in [-0.3, -0.25) is 4.79 Å². The van der Waals surface area contributed by atoms with Gasteiger partial charge in [0.2, 0.25) is 0 Å². The molecule has 3 aromatic carbocycles. The molecule has 0 radical (unpaired) electrons. The Bertz CT molecular complexity index is 1290. The van der Waals surface area contributed by atoms with E-state index in [1.54, 1.807) is 0 Å². The van der Waals surface area contributed by atoms with Crippen molar-refractivity contribution in [3.05, 3.63) is 101 Å². The van der Waals surface area contributed by atoms with E-state index in [4.69, 9.17) is 14.2 Å². The van der Waals surface area contributed by atoms with E-state index in [1.807, 2.05) is 73.7 Å². The molecule has 0 aliphatic carbocycles. The highest BCUT2D eigenvalue weighted by Crippen LogP contribution is 2.46. The summed E-state index contributed by atoms with van der Waals surface area (Å²) in [5.41, 5.74) is 4.48. The number of carbonyl (C=O) groups excluding carboxylic acids is 1. The van der Waals surface area contributed by atoms with Crippen LogP contribution in [0.15, 0.2) is 78.4 Å². The number of hydrogen-bond donors (Lipinski definition) is 0. The molecule has 0 N–H and O–H groups in total. The first kappa shape index (κ1) is 27.5. The maximum atomic E-state index is 13.6. The summed E-state index contributed by atoms with van der Waals surface area (Å²) in [6.07, 6.45) is 2.19. The Morgan fingerprint density at radius 1 is 0.921 bits per heavy atom. The van der Waals surface area contributed by atoms with Gasteiger partial charge in [-0.25, -0.2) is 0 Å². The normalized spacial score (nSPS) is 16.0. The number of allylic oxidation sites excluding steroid dienone is 1. The highest BCUT2D eigenvalue weighted by molar-refractivity contribution is 6.03. The summed E-state index contributed by atoms with van der Waals surface area (Å²) < 4.78 is 19.3. The molecular weight excluding hydrogens is 472 g/mol. The Morgan fingerprint density at radius 3 is 2.16 bits per heavy atom. The van der Waals surface area contributed by atoms with Crippen LogP contribution in [0.4, 0.5) is 0 Å². The second-order valence-corrected chi connectivity index (χ2v) is 12.2. The lowest BCUT2D eigenvalue weighted by molar-refractivity contribution is 0.0837. The lowest BCUT2D eigenvalue weighted by Gasteiger charge is -2.31. The molecule has 0 aromatic heterocycles. The molecule has 4 rings (SSSR count). The van der Waals surface area contributed by atoms with Crippen LogP contribution in [0.25, 0.3) is 0 Å². The molecular formula is C34H40O4. The smallest absolute Gasteiger partial charge is 0.173 e. The third-order valence-electron chi connectivity index (χ3n) is 6.73. The zero-order valence-corrected chi connectivity index (χ0v) is 23.8. The van der Waals surface area contributed by atoms with Gasteiger partial charge >= 0.3 is 0 Å². The van der Waals surface area contributed by atoms with Crippen LogP contribution >= 0.6 is 0 Å². The van der Waals surface area contributed by atoms with Crippen molar-refractivity contribution in [1.29, 1.82) is 0 Å². The van der Waals surface area contributed by atoms with E-state index in [-0.39, 0.29) is 29.1 Å². The summed E-state index contributed by atoms with van der Waals surface area (Å²) in [4.78, 5) is 13.6. The molecule has 1 aliphatic heterocycles. The van der Waals surface area contributed by atoms with Crippen LogP contribution in [-0.2, 0) is 6.61 Å². The number of hydrogen-bond acceptors (Lipinski definition) is 4. The van der Waals surface area contributed by atoms with E-state index < -0.39 is 0 Å². The Labute approximate surface area is 227 Å². The van der Waals surface area contributed by atoms with Crippen LogP contribution in [0.5, 0.6) is 17.2 Å². The zero-order valence-electron chi connectivity index (χ0n) is 23.8. The largest absolute Gasteiger partial charge is 0.488 e. The molecule has 4 nitrogen and oxygen atoms in total. The van der Waals surface area contributed by atoms with Crippen LogP contribution in [0.1, 0.15) is 81.1 Å². The number of benzene rings is 3. The molecule has 1 unspecified atom stereocenters. The highest BCUT2D eigenvalue weighted by Gasteiger charge is 2.34. The van der Waals surface area contributed by atoms with Crippen LogP contribution < -0.4 is 14.2 Å². The molecule has 1 heterocycles. The maximum absolute atomic E-state index is 13.6. The first-order valence-electron chi connectivity index (χ1n) is 13.4. The number of rotatable bonds is 7. The fourth-order valence-corrected chi connectivity index (χ4v) is 4.62. The molecule has 0 fully saturated rings. The van der Waals surface area contributed by atoms with Crippen LogP contribution in [-0.4, -0.2) is 12.4 Å². The minimum Gasteiger partial charge on any atom is -0.488 e. The Kier molecular flexibility index (Phi) is 8.01. The minimum absolute atomic E-state index is 0.00744. The Morgan fingerprint density at radius 2 is 1.55 bits per heavy atom. The minimum atomic E-state index is -0.360. The Hall–Kier alpha value is -3.53. The van der Waals surface area contributed by atoms with Crippen molar-refractivity contribution in [2.75, 3.05) is 6.61 Å². The van der Waals surface area contributed by atoms with E-state index in [1.165, 1.54) is 5.57 Å².